The van der Waals surface area contributed by atoms with E-state index in [2.05, 4.69) is 0 Å². The van der Waals surface area contributed by atoms with Crippen molar-refractivity contribution in [2.45, 2.75) is 32.2 Å². The Bertz CT molecular complexity index is 397. The first-order valence-electron chi connectivity index (χ1n) is 4.44. The standard InChI is InChI=1S/C8H13NO5S/c1-8(2,5-7(11)12)9-6(10)3-4-15(9,13)14/h3-5H2,1-2H3,(H,11,12). The van der Waals surface area contributed by atoms with Gasteiger partial charge in [-0.25, -0.2) is 12.7 Å². The number of aliphatic carboxylic acids is 1. The molecule has 6 nitrogen and oxygen atoms in total. The number of hydrogen-bond donors (Lipinski definition) is 1. The Morgan fingerprint density at radius 1 is 1.53 bits per heavy atom. The van der Waals surface area contributed by atoms with E-state index in [1.54, 1.807) is 0 Å². The van der Waals surface area contributed by atoms with Gasteiger partial charge in [0, 0.05) is 6.42 Å². The number of carboxylic acids is 1. The van der Waals surface area contributed by atoms with E-state index in [0.717, 1.165) is 0 Å². The van der Waals surface area contributed by atoms with Crippen LogP contribution in [0.2, 0.25) is 0 Å². The molecule has 1 aliphatic rings. The zero-order valence-corrected chi connectivity index (χ0v) is 9.37. The Morgan fingerprint density at radius 3 is 2.40 bits per heavy atom. The quantitative estimate of drug-likeness (QED) is 0.731. The zero-order chi connectivity index (χ0) is 11.9. The minimum atomic E-state index is -3.62. The highest BCUT2D eigenvalue weighted by molar-refractivity contribution is 7.90. The second-order valence-corrected chi connectivity index (χ2v) is 6.04. The van der Waals surface area contributed by atoms with Crippen LogP contribution in [0.5, 0.6) is 0 Å². The smallest absolute Gasteiger partial charge is 0.305 e. The molecule has 1 amide bonds. The van der Waals surface area contributed by atoms with Crippen molar-refractivity contribution in [3.63, 3.8) is 0 Å². The fraction of sp³-hybridized carbons (Fsp3) is 0.750. The molecule has 0 spiro atoms. The largest absolute Gasteiger partial charge is 0.481 e. The van der Waals surface area contributed by atoms with Gasteiger partial charge in [-0.3, -0.25) is 9.59 Å². The first kappa shape index (κ1) is 12.0. The van der Waals surface area contributed by atoms with Gasteiger partial charge in [-0.1, -0.05) is 0 Å². The topological polar surface area (TPSA) is 91.8 Å². The lowest BCUT2D eigenvalue weighted by molar-refractivity contribution is -0.140. The van der Waals surface area contributed by atoms with Crippen molar-refractivity contribution in [3.8, 4) is 0 Å². The number of hydrogen-bond acceptors (Lipinski definition) is 4. The van der Waals surface area contributed by atoms with E-state index < -0.39 is 33.9 Å². The highest BCUT2D eigenvalue weighted by Crippen LogP contribution is 2.28. The van der Waals surface area contributed by atoms with Crippen LogP contribution in [0.1, 0.15) is 26.7 Å². The van der Waals surface area contributed by atoms with Crippen molar-refractivity contribution in [3.05, 3.63) is 0 Å². The molecule has 0 atom stereocenters. The third-order valence-corrected chi connectivity index (χ3v) is 4.19. The summed E-state index contributed by atoms with van der Waals surface area (Å²) >= 11 is 0. The maximum absolute atomic E-state index is 11.5. The summed E-state index contributed by atoms with van der Waals surface area (Å²) in [4.78, 5) is 21.9. The molecule has 0 aromatic heterocycles. The summed E-state index contributed by atoms with van der Waals surface area (Å²) in [5, 5.41) is 8.63. The number of nitrogens with zero attached hydrogens (tertiary/aromatic N) is 1. The van der Waals surface area contributed by atoms with E-state index in [-0.39, 0.29) is 12.2 Å². The van der Waals surface area contributed by atoms with Gasteiger partial charge in [0.1, 0.15) is 0 Å². The lowest BCUT2D eigenvalue weighted by Crippen LogP contribution is -2.48. The maximum Gasteiger partial charge on any atom is 0.305 e. The predicted molar refractivity (Wildman–Crippen MR) is 51.6 cm³/mol. The summed E-state index contributed by atoms with van der Waals surface area (Å²) in [6, 6.07) is 0. The Morgan fingerprint density at radius 2 is 2.07 bits per heavy atom. The second-order valence-electron chi connectivity index (χ2n) is 4.11. The van der Waals surface area contributed by atoms with E-state index in [0.29, 0.717) is 4.31 Å². The van der Waals surface area contributed by atoms with Gasteiger partial charge >= 0.3 is 5.97 Å². The zero-order valence-electron chi connectivity index (χ0n) is 8.56. The molecule has 1 N–H and O–H groups in total. The van der Waals surface area contributed by atoms with Crippen LogP contribution < -0.4 is 0 Å². The molecule has 0 aliphatic carbocycles. The van der Waals surface area contributed by atoms with Gasteiger partial charge in [-0.15, -0.1) is 0 Å². The number of carbonyl (C=O) groups is 2. The lowest BCUT2D eigenvalue weighted by Gasteiger charge is -2.32. The molecule has 0 aromatic carbocycles. The normalized spacial score (nSPS) is 20.7. The molecule has 0 aromatic rings. The van der Waals surface area contributed by atoms with Gasteiger partial charge in [-0.05, 0) is 13.8 Å². The lowest BCUT2D eigenvalue weighted by atomic mass is 10.0. The monoisotopic (exact) mass is 235 g/mol. The average Bonchev–Trinajstić information content (AvgIpc) is 2.22. The highest BCUT2D eigenvalue weighted by Gasteiger charge is 2.45. The van der Waals surface area contributed by atoms with Gasteiger partial charge in [0.05, 0.1) is 17.7 Å². The van der Waals surface area contributed by atoms with Crippen LogP contribution >= 0.6 is 0 Å². The minimum Gasteiger partial charge on any atom is -0.481 e. The van der Waals surface area contributed by atoms with E-state index >= 15 is 0 Å². The first-order chi connectivity index (χ1) is 6.67. The van der Waals surface area contributed by atoms with Crippen LogP contribution in [0.15, 0.2) is 0 Å². The van der Waals surface area contributed by atoms with Crippen LogP contribution in [0.4, 0.5) is 0 Å². The van der Waals surface area contributed by atoms with E-state index in [4.69, 9.17) is 5.11 Å². The molecular formula is C8H13NO5S. The first-order valence-corrected chi connectivity index (χ1v) is 6.05. The summed E-state index contributed by atoms with van der Waals surface area (Å²) in [6.45, 7) is 2.86. The average molecular weight is 235 g/mol. The number of carbonyl (C=O) groups excluding carboxylic acids is 1. The Labute approximate surface area is 87.9 Å². The van der Waals surface area contributed by atoms with Crippen molar-refractivity contribution in [1.29, 1.82) is 0 Å². The molecule has 1 saturated heterocycles. The van der Waals surface area contributed by atoms with Gasteiger partial charge in [0.2, 0.25) is 15.9 Å². The van der Waals surface area contributed by atoms with E-state index in [1.165, 1.54) is 13.8 Å². The summed E-state index contributed by atoms with van der Waals surface area (Å²) in [7, 11) is -3.62. The van der Waals surface area contributed by atoms with E-state index in [9.17, 15) is 18.0 Å². The predicted octanol–water partition coefficient (Wildman–Crippen LogP) is -0.198. The molecule has 0 bridgehead atoms. The molecular weight excluding hydrogens is 222 g/mol. The third-order valence-electron chi connectivity index (χ3n) is 2.21. The molecule has 1 rings (SSSR count). The fourth-order valence-electron chi connectivity index (χ4n) is 1.72. The Balaban J connectivity index is 3.05. The van der Waals surface area contributed by atoms with Crippen molar-refractivity contribution in [2.24, 2.45) is 0 Å². The second kappa shape index (κ2) is 3.48. The number of amides is 1. The van der Waals surface area contributed by atoms with Crippen LogP contribution in [0.3, 0.4) is 0 Å². The molecule has 15 heavy (non-hydrogen) atoms. The molecule has 0 saturated carbocycles. The van der Waals surface area contributed by atoms with Crippen molar-refractivity contribution >= 4 is 21.9 Å². The fourth-order valence-corrected chi connectivity index (χ4v) is 3.55. The summed E-state index contributed by atoms with van der Waals surface area (Å²) in [6.07, 6.45) is -0.455. The SMILES string of the molecule is CC(C)(CC(=O)O)N1C(=O)CCS1(=O)=O. The molecule has 7 heteroatoms. The minimum absolute atomic E-state index is 0.0641. The Kier molecular flexibility index (Phi) is 2.77. The van der Waals surface area contributed by atoms with Gasteiger partial charge < -0.3 is 5.11 Å². The molecule has 86 valence electrons. The van der Waals surface area contributed by atoms with Crippen LogP contribution in [-0.4, -0.2) is 41.0 Å². The van der Waals surface area contributed by atoms with Gasteiger partial charge in [0.15, 0.2) is 0 Å². The molecule has 1 heterocycles. The van der Waals surface area contributed by atoms with Crippen molar-refractivity contribution in [1.82, 2.24) is 4.31 Å². The molecule has 0 unspecified atom stereocenters. The number of sulfonamides is 1. The Hall–Kier alpha value is -1.11. The van der Waals surface area contributed by atoms with Crippen molar-refractivity contribution < 1.29 is 23.1 Å². The highest BCUT2D eigenvalue weighted by atomic mass is 32.2. The maximum atomic E-state index is 11.5. The van der Waals surface area contributed by atoms with Crippen LogP contribution in [0.25, 0.3) is 0 Å². The summed E-state index contributed by atoms with van der Waals surface area (Å²) in [5.74, 6) is -1.88. The number of carboxylic acid groups (broad SMARTS) is 1. The van der Waals surface area contributed by atoms with Gasteiger partial charge in [0.25, 0.3) is 0 Å². The molecule has 0 radical (unpaired) electrons. The summed E-state index contributed by atoms with van der Waals surface area (Å²) < 4.78 is 23.7. The summed E-state index contributed by atoms with van der Waals surface area (Å²) in [5.41, 5.74) is -1.20. The third kappa shape index (κ3) is 2.28. The molecule has 1 aliphatic heterocycles. The van der Waals surface area contributed by atoms with Crippen LogP contribution in [0, 0.1) is 0 Å². The number of rotatable bonds is 3. The van der Waals surface area contributed by atoms with E-state index in [1.807, 2.05) is 0 Å². The molecule has 1 fully saturated rings. The van der Waals surface area contributed by atoms with Gasteiger partial charge in [-0.2, -0.15) is 0 Å². The van der Waals surface area contributed by atoms with Crippen molar-refractivity contribution in [2.75, 3.05) is 5.75 Å². The van der Waals surface area contributed by atoms with Crippen LogP contribution in [-0.2, 0) is 19.6 Å².